The summed E-state index contributed by atoms with van der Waals surface area (Å²) in [5, 5.41) is 4.36. The number of aryl methyl sites for hydroxylation is 1. The first kappa shape index (κ1) is 13.2. The third-order valence-corrected chi connectivity index (χ3v) is 4.39. The molecule has 1 aliphatic heterocycles. The molecule has 1 fully saturated rings. The van der Waals surface area contributed by atoms with Crippen molar-refractivity contribution in [2.45, 2.75) is 37.6 Å². The lowest BCUT2D eigenvalue weighted by Gasteiger charge is -2.27. The van der Waals surface area contributed by atoms with Crippen molar-refractivity contribution in [2.24, 2.45) is 0 Å². The van der Waals surface area contributed by atoms with Crippen molar-refractivity contribution in [3.63, 3.8) is 0 Å². The van der Waals surface area contributed by atoms with Crippen LogP contribution in [0, 0.1) is 0 Å². The Morgan fingerprint density at radius 3 is 2.39 bits per heavy atom. The van der Waals surface area contributed by atoms with Gasteiger partial charge < -0.3 is 10.6 Å². The Morgan fingerprint density at radius 1 is 1.28 bits per heavy atom. The molecule has 18 heavy (non-hydrogen) atoms. The molecule has 2 heterocycles. The summed E-state index contributed by atoms with van der Waals surface area (Å²) in [6.45, 7) is 4.17. The molecule has 7 heteroatoms. The number of nitrogens with two attached hydrogens (primary N) is 1. The zero-order valence-electron chi connectivity index (χ0n) is 10.9. The van der Waals surface area contributed by atoms with E-state index in [4.69, 9.17) is 5.73 Å². The molecule has 1 saturated heterocycles. The highest BCUT2D eigenvalue weighted by atomic mass is 32.2. The van der Waals surface area contributed by atoms with Gasteiger partial charge in [-0.1, -0.05) is 0 Å². The molecule has 1 aromatic heterocycles. The molecule has 0 radical (unpaired) electrons. The SMILES string of the molecule is CCn1nc(N2CCCCC2)c(S(C)(=O)=O)c1N. The fourth-order valence-electron chi connectivity index (χ4n) is 2.35. The van der Waals surface area contributed by atoms with Gasteiger partial charge in [-0.25, -0.2) is 13.1 Å². The second-order valence-corrected chi connectivity index (χ2v) is 6.63. The van der Waals surface area contributed by atoms with E-state index in [0.29, 0.717) is 12.4 Å². The van der Waals surface area contributed by atoms with Crippen LogP contribution in [0.1, 0.15) is 26.2 Å². The van der Waals surface area contributed by atoms with Crippen molar-refractivity contribution in [3.8, 4) is 0 Å². The van der Waals surface area contributed by atoms with E-state index in [1.807, 2.05) is 11.8 Å². The van der Waals surface area contributed by atoms with Gasteiger partial charge in [-0.2, -0.15) is 5.10 Å². The number of nitrogens with zero attached hydrogens (tertiary/aromatic N) is 3. The second-order valence-electron chi connectivity index (χ2n) is 4.67. The van der Waals surface area contributed by atoms with E-state index >= 15 is 0 Å². The van der Waals surface area contributed by atoms with E-state index in [2.05, 4.69) is 5.10 Å². The summed E-state index contributed by atoms with van der Waals surface area (Å²) in [5.41, 5.74) is 5.90. The van der Waals surface area contributed by atoms with Gasteiger partial charge >= 0.3 is 0 Å². The molecule has 0 unspecified atom stereocenters. The van der Waals surface area contributed by atoms with E-state index < -0.39 is 9.84 Å². The highest BCUT2D eigenvalue weighted by molar-refractivity contribution is 7.91. The van der Waals surface area contributed by atoms with Crippen LogP contribution < -0.4 is 10.6 Å². The van der Waals surface area contributed by atoms with Gasteiger partial charge in [0.1, 0.15) is 5.82 Å². The fraction of sp³-hybridized carbons (Fsp3) is 0.727. The van der Waals surface area contributed by atoms with Crippen LogP contribution in [0.25, 0.3) is 0 Å². The Hall–Kier alpha value is -1.24. The van der Waals surface area contributed by atoms with Gasteiger partial charge in [0.2, 0.25) is 0 Å². The monoisotopic (exact) mass is 272 g/mol. The van der Waals surface area contributed by atoms with Crippen molar-refractivity contribution in [1.82, 2.24) is 9.78 Å². The predicted octanol–water partition coefficient (Wildman–Crippen LogP) is 0.879. The van der Waals surface area contributed by atoms with E-state index in [1.165, 1.54) is 12.7 Å². The van der Waals surface area contributed by atoms with Crippen molar-refractivity contribution in [3.05, 3.63) is 0 Å². The molecule has 6 nitrogen and oxygen atoms in total. The maximum absolute atomic E-state index is 11.9. The van der Waals surface area contributed by atoms with Gasteiger partial charge in [0.15, 0.2) is 20.6 Å². The second kappa shape index (κ2) is 4.79. The quantitative estimate of drug-likeness (QED) is 0.883. The Kier molecular flexibility index (Phi) is 3.52. The number of hydrogen-bond donors (Lipinski definition) is 1. The predicted molar refractivity (Wildman–Crippen MR) is 71.5 cm³/mol. The zero-order chi connectivity index (χ0) is 13.3. The molecule has 0 bridgehead atoms. The highest BCUT2D eigenvalue weighted by Crippen LogP contribution is 2.31. The third-order valence-electron chi connectivity index (χ3n) is 3.26. The molecule has 0 saturated carbocycles. The van der Waals surface area contributed by atoms with Gasteiger partial charge in [-0.05, 0) is 26.2 Å². The first-order valence-electron chi connectivity index (χ1n) is 6.26. The summed E-state index contributed by atoms with van der Waals surface area (Å²) >= 11 is 0. The molecule has 0 aliphatic carbocycles. The number of piperidine rings is 1. The smallest absolute Gasteiger partial charge is 0.182 e. The highest BCUT2D eigenvalue weighted by Gasteiger charge is 2.27. The molecule has 2 N–H and O–H groups in total. The number of nitrogen functional groups attached to an aromatic ring is 1. The average Bonchev–Trinajstić information content (AvgIpc) is 2.67. The lowest BCUT2D eigenvalue weighted by atomic mass is 10.1. The van der Waals surface area contributed by atoms with Crippen LogP contribution in [-0.4, -0.2) is 37.5 Å². The minimum atomic E-state index is -3.35. The Balaban J connectivity index is 2.51. The number of anilines is 2. The molecule has 0 aromatic carbocycles. The molecule has 1 aliphatic rings. The van der Waals surface area contributed by atoms with Crippen LogP contribution in [-0.2, 0) is 16.4 Å². The van der Waals surface area contributed by atoms with E-state index in [0.717, 1.165) is 25.9 Å². The van der Waals surface area contributed by atoms with Crippen LogP contribution in [0.5, 0.6) is 0 Å². The van der Waals surface area contributed by atoms with E-state index in [1.54, 1.807) is 4.68 Å². The van der Waals surface area contributed by atoms with Crippen molar-refractivity contribution < 1.29 is 8.42 Å². The number of sulfone groups is 1. The molecular weight excluding hydrogens is 252 g/mol. The standard InChI is InChI=1S/C11H20N4O2S/c1-3-15-10(12)9(18(2,16)17)11(13-15)14-7-5-4-6-8-14/h3-8,12H2,1-2H3. The average molecular weight is 272 g/mol. The van der Waals surface area contributed by atoms with Gasteiger partial charge in [-0.3, -0.25) is 0 Å². The van der Waals surface area contributed by atoms with Gasteiger partial charge in [0, 0.05) is 25.9 Å². The maximum atomic E-state index is 11.9. The zero-order valence-corrected chi connectivity index (χ0v) is 11.7. The summed E-state index contributed by atoms with van der Waals surface area (Å²) in [6.07, 6.45) is 4.52. The van der Waals surface area contributed by atoms with Crippen LogP contribution >= 0.6 is 0 Å². The minimum absolute atomic E-state index is 0.186. The maximum Gasteiger partial charge on any atom is 0.182 e. The number of aromatic nitrogens is 2. The van der Waals surface area contributed by atoms with Crippen molar-refractivity contribution in [2.75, 3.05) is 30.0 Å². The van der Waals surface area contributed by atoms with Gasteiger partial charge in [0.25, 0.3) is 0 Å². The van der Waals surface area contributed by atoms with E-state index in [9.17, 15) is 8.42 Å². The molecule has 0 spiro atoms. The summed E-state index contributed by atoms with van der Waals surface area (Å²) in [7, 11) is -3.35. The molecule has 102 valence electrons. The normalized spacial score (nSPS) is 17.1. The topological polar surface area (TPSA) is 81.2 Å². The third kappa shape index (κ3) is 2.31. The number of hydrogen-bond acceptors (Lipinski definition) is 5. The Morgan fingerprint density at radius 2 is 1.89 bits per heavy atom. The minimum Gasteiger partial charge on any atom is -0.383 e. The largest absolute Gasteiger partial charge is 0.383 e. The van der Waals surface area contributed by atoms with Crippen molar-refractivity contribution >= 4 is 21.5 Å². The summed E-state index contributed by atoms with van der Waals surface area (Å²) in [6, 6.07) is 0. The molecular formula is C11H20N4O2S. The van der Waals surface area contributed by atoms with Gasteiger partial charge in [-0.15, -0.1) is 0 Å². The molecule has 0 amide bonds. The van der Waals surface area contributed by atoms with Crippen LogP contribution in [0.2, 0.25) is 0 Å². The summed E-state index contributed by atoms with van der Waals surface area (Å²) < 4.78 is 25.3. The van der Waals surface area contributed by atoms with Crippen LogP contribution in [0.3, 0.4) is 0 Å². The molecule has 0 atom stereocenters. The Labute approximate surface area is 108 Å². The first-order chi connectivity index (χ1) is 8.45. The lowest BCUT2D eigenvalue weighted by Crippen LogP contribution is -2.30. The first-order valence-corrected chi connectivity index (χ1v) is 8.15. The van der Waals surface area contributed by atoms with Crippen molar-refractivity contribution in [1.29, 1.82) is 0 Å². The number of rotatable bonds is 3. The lowest BCUT2D eigenvalue weighted by molar-refractivity contribution is 0.562. The van der Waals surface area contributed by atoms with Crippen LogP contribution in [0.4, 0.5) is 11.6 Å². The summed E-state index contributed by atoms with van der Waals surface area (Å²) in [5.74, 6) is 0.775. The fourth-order valence-corrected chi connectivity index (χ4v) is 3.34. The Bertz CT molecular complexity index is 529. The summed E-state index contributed by atoms with van der Waals surface area (Å²) in [4.78, 5) is 2.22. The molecule has 1 aromatic rings. The van der Waals surface area contributed by atoms with E-state index in [-0.39, 0.29) is 10.7 Å². The molecule has 2 rings (SSSR count). The van der Waals surface area contributed by atoms with Gasteiger partial charge in [0.05, 0.1) is 0 Å². The van der Waals surface area contributed by atoms with Crippen LogP contribution in [0.15, 0.2) is 4.90 Å².